The van der Waals surface area contributed by atoms with Gasteiger partial charge in [0.25, 0.3) is 11.6 Å². The van der Waals surface area contributed by atoms with E-state index in [4.69, 9.17) is 5.11 Å². The molecule has 0 bridgehead atoms. The van der Waals surface area contributed by atoms with Gasteiger partial charge in [-0.3, -0.25) is 19.7 Å². The standard InChI is InChI=1S/C14H16N2O5/c1-9-8-15(6-5-12(9)14(18)19)13(17)10-3-2-4-11(7-10)16(20)21/h2-4,7,9,12H,5-6,8H2,1H3,(H,18,19). The first-order valence-electron chi connectivity index (χ1n) is 6.66. The summed E-state index contributed by atoms with van der Waals surface area (Å²) in [6.07, 6.45) is 0.400. The van der Waals surface area contributed by atoms with Crippen molar-refractivity contribution in [2.75, 3.05) is 13.1 Å². The molecule has 1 N–H and O–H groups in total. The van der Waals surface area contributed by atoms with Gasteiger partial charge in [0.15, 0.2) is 0 Å². The third-order valence-corrected chi connectivity index (χ3v) is 3.81. The van der Waals surface area contributed by atoms with Crippen molar-refractivity contribution >= 4 is 17.6 Å². The minimum Gasteiger partial charge on any atom is -0.481 e. The summed E-state index contributed by atoms with van der Waals surface area (Å²) in [7, 11) is 0. The molecule has 7 nitrogen and oxygen atoms in total. The fourth-order valence-corrected chi connectivity index (χ4v) is 2.63. The maximum atomic E-state index is 12.4. The summed E-state index contributed by atoms with van der Waals surface area (Å²) in [4.78, 5) is 35.2. The van der Waals surface area contributed by atoms with E-state index in [1.165, 1.54) is 24.3 Å². The zero-order chi connectivity index (χ0) is 15.6. The summed E-state index contributed by atoms with van der Waals surface area (Å²) in [5.74, 6) is -1.72. The van der Waals surface area contributed by atoms with Gasteiger partial charge in [0.05, 0.1) is 10.8 Å². The molecule has 2 rings (SSSR count). The van der Waals surface area contributed by atoms with E-state index in [2.05, 4.69) is 0 Å². The molecule has 0 radical (unpaired) electrons. The third kappa shape index (κ3) is 3.18. The van der Waals surface area contributed by atoms with Gasteiger partial charge in [0.2, 0.25) is 0 Å². The van der Waals surface area contributed by atoms with Crippen LogP contribution in [0.4, 0.5) is 5.69 Å². The highest BCUT2D eigenvalue weighted by molar-refractivity contribution is 5.95. The first-order valence-corrected chi connectivity index (χ1v) is 6.66. The molecule has 7 heteroatoms. The predicted octanol–water partition coefficient (Wildman–Crippen LogP) is 1.78. The Kier molecular flexibility index (Phi) is 4.21. The summed E-state index contributed by atoms with van der Waals surface area (Å²) in [6.45, 7) is 2.49. The Hall–Kier alpha value is -2.44. The molecule has 0 aliphatic carbocycles. The van der Waals surface area contributed by atoms with Crippen LogP contribution in [-0.2, 0) is 4.79 Å². The lowest BCUT2D eigenvalue weighted by molar-refractivity contribution is -0.384. The lowest BCUT2D eigenvalue weighted by Gasteiger charge is -2.34. The number of nitro benzene ring substituents is 1. The molecule has 2 unspecified atom stereocenters. The molecule has 1 aromatic rings. The number of aliphatic carboxylic acids is 1. The molecule has 1 aliphatic rings. The average Bonchev–Trinajstić information content (AvgIpc) is 2.46. The average molecular weight is 292 g/mol. The smallest absolute Gasteiger partial charge is 0.306 e. The Bertz CT molecular complexity index is 586. The van der Waals surface area contributed by atoms with E-state index in [1.54, 1.807) is 11.8 Å². The predicted molar refractivity (Wildman–Crippen MR) is 73.9 cm³/mol. The highest BCUT2D eigenvalue weighted by Crippen LogP contribution is 2.25. The molecule has 1 saturated heterocycles. The van der Waals surface area contributed by atoms with Crippen LogP contribution < -0.4 is 0 Å². The Morgan fingerprint density at radius 3 is 2.71 bits per heavy atom. The number of benzene rings is 1. The second kappa shape index (κ2) is 5.90. The number of nitrogens with zero attached hydrogens (tertiary/aromatic N) is 2. The van der Waals surface area contributed by atoms with E-state index >= 15 is 0 Å². The molecule has 1 aliphatic heterocycles. The van der Waals surface area contributed by atoms with Crippen molar-refractivity contribution in [3.05, 3.63) is 39.9 Å². The number of carbonyl (C=O) groups excluding carboxylic acids is 1. The van der Waals surface area contributed by atoms with Crippen molar-refractivity contribution in [3.63, 3.8) is 0 Å². The fourth-order valence-electron chi connectivity index (χ4n) is 2.63. The summed E-state index contributed by atoms with van der Waals surface area (Å²) >= 11 is 0. The maximum absolute atomic E-state index is 12.4. The number of amides is 1. The lowest BCUT2D eigenvalue weighted by Crippen LogP contribution is -2.45. The van der Waals surface area contributed by atoms with Gasteiger partial charge >= 0.3 is 5.97 Å². The van der Waals surface area contributed by atoms with Crippen LogP contribution in [0.15, 0.2) is 24.3 Å². The van der Waals surface area contributed by atoms with Crippen LogP contribution in [0.2, 0.25) is 0 Å². The van der Waals surface area contributed by atoms with E-state index in [1.807, 2.05) is 0 Å². The number of nitro groups is 1. The van der Waals surface area contributed by atoms with Crippen LogP contribution in [0, 0.1) is 22.0 Å². The zero-order valence-corrected chi connectivity index (χ0v) is 11.6. The van der Waals surface area contributed by atoms with Crippen LogP contribution >= 0.6 is 0 Å². The van der Waals surface area contributed by atoms with E-state index in [-0.39, 0.29) is 23.1 Å². The minimum atomic E-state index is -0.843. The van der Waals surface area contributed by atoms with Crippen LogP contribution in [0.3, 0.4) is 0 Å². The SMILES string of the molecule is CC1CN(C(=O)c2cccc([N+](=O)[O-])c2)CCC1C(=O)O. The van der Waals surface area contributed by atoms with Crippen LogP contribution in [0.5, 0.6) is 0 Å². The molecule has 2 atom stereocenters. The molecule has 21 heavy (non-hydrogen) atoms. The van der Waals surface area contributed by atoms with Crippen molar-refractivity contribution < 1.29 is 19.6 Å². The second-order valence-electron chi connectivity index (χ2n) is 5.27. The summed E-state index contributed by atoms with van der Waals surface area (Å²) in [5, 5.41) is 19.8. The second-order valence-corrected chi connectivity index (χ2v) is 5.27. The van der Waals surface area contributed by atoms with Crippen LogP contribution in [0.1, 0.15) is 23.7 Å². The molecule has 1 amide bonds. The van der Waals surface area contributed by atoms with E-state index in [0.29, 0.717) is 19.5 Å². The van der Waals surface area contributed by atoms with Crippen molar-refractivity contribution in [2.24, 2.45) is 11.8 Å². The number of hydrogen-bond acceptors (Lipinski definition) is 4. The van der Waals surface area contributed by atoms with Gasteiger partial charge in [-0.15, -0.1) is 0 Å². The molecule has 0 saturated carbocycles. The first kappa shape index (κ1) is 15.0. The van der Waals surface area contributed by atoms with Gasteiger partial charge in [-0.1, -0.05) is 13.0 Å². The summed E-state index contributed by atoms with van der Waals surface area (Å²) in [5.41, 5.74) is 0.125. The number of likely N-dealkylation sites (tertiary alicyclic amines) is 1. The van der Waals surface area contributed by atoms with Gasteiger partial charge < -0.3 is 10.0 Å². The quantitative estimate of drug-likeness (QED) is 0.676. The fraction of sp³-hybridized carbons (Fsp3) is 0.429. The van der Waals surface area contributed by atoms with Crippen LogP contribution in [0.25, 0.3) is 0 Å². The Labute approximate surface area is 121 Å². The van der Waals surface area contributed by atoms with Crippen molar-refractivity contribution in [1.82, 2.24) is 4.90 Å². The largest absolute Gasteiger partial charge is 0.481 e. The third-order valence-electron chi connectivity index (χ3n) is 3.81. The van der Waals surface area contributed by atoms with Gasteiger partial charge in [0.1, 0.15) is 0 Å². The number of carbonyl (C=O) groups is 2. The molecule has 1 fully saturated rings. The van der Waals surface area contributed by atoms with Crippen LogP contribution in [-0.4, -0.2) is 39.9 Å². The molecular weight excluding hydrogens is 276 g/mol. The molecular formula is C14H16N2O5. The number of rotatable bonds is 3. The monoisotopic (exact) mass is 292 g/mol. The molecule has 0 spiro atoms. The summed E-state index contributed by atoms with van der Waals surface area (Å²) in [6, 6.07) is 5.58. The normalized spacial score (nSPS) is 21.9. The number of carboxylic acid groups (broad SMARTS) is 1. The molecule has 112 valence electrons. The minimum absolute atomic E-state index is 0.130. The van der Waals surface area contributed by atoms with Gasteiger partial charge in [-0.05, 0) is 18.4 Å². The topological polar surface area (TPSA) is 101 Å². The van der Waals surface area contributed by atoms with E-state index in [0.717, 1.165) is 0 Å². The van der Waals surface area contributed by atoms with Gasteiger partial charge in [0, 0.05) is 30.8 Å². The first-order chi connectivity index (χ1) is 9.90. The van der Waals surface area contributed by atoms with E-state index in [9.17, 15) is 19.7 Å². The zero-order valence-electron chi connectivity index (χ0n) is 11.6. The summed E-state index contributed by atoms with van der Waals surface area (Å²) < 4.78 is 0. The van der Waals surface area contributed by atoms with Crippen molar-refractivity contribution in [2.45, 2.75) is 13.3 Å². The highest BCUT2D eigenvalue weighted by Gasteiger charge is 2.33. The van der Waals surface area contributed by atoms with Crippen molar-refractivity contribution in [3.8, 4) is 0 Å². The molecule has 0 aromatic heterocycles. The lowest BCUT2D eigenvalue weighted by atomic mass is 9.87. The maximum Gasteiger partial charge on any atom is 0.306 e. The van der Waals surface area contributed by atoms with Gasteiger partial charge in [-0.25, -0.2) is 0 Å². The Morgan fingerprint density at radius 1 is 1.43 bits per heavy atom. The number of piperidine rings is 1. The van der Waals surface area contributed by atoms with Crippen molar-refractivity contribution in [1.29, 1.82) is 0 Å². The molecule has 1 aromatic carbocycles. The van der Waals surface area contributed by atoms with E-state index < -0.39 is 16.8 Å². The van der Waals surface area contributed by atoms with Gasteiger partial charge in [-0.2, -0.15) is 0 Å². The highest BCUT2D eigenvalue weighted by atomic mass is 16.6. The number of hydrogen-bond donors (Lipinski definition) is 1. The Morgan fingerprint density at radius 2 is 2.14 bits per heavy atom. The number of non-ortho nitro benzene ring substituents is 1. The molecule has 1 heterocycles. The Balaban J connectivity index is 2.13. The number of carboxylic acids is 1.